The maximum atomic E-state index is 5.42. The fourth-order valence-corrected chi connectivity index (χ4v) is 1.78. The summed E-state index contributed by atoms with van der Waals surface area (Å²) in [5.74, 6) is 7.84. The van der Waals surface area contributed by atoms with Crippen molar-refractivity contribution in [2.75, 3.05) is 17.3 Å². The van der Waals surface area contributed by atoms with Crippen molar-refractivity contribution in [1.82, 2.24) is 9.97 Å². The SMILES string of the molecule is CCc1c(NN)ncnc1NCCc1ccco1. The van der Waals surface area contributed by atoms with Gasteiger partial charge in [-0.05, 0) is 18.6 Å². The highest BCUT2D eigenvalue weighted by Gasteiger charge is 2.08. The number of hydrogen-bond acceptors (Lipinski definition) is 6. The Morgan fingerprint density at radius 2 is 2.17 bits per heavy atom. The van der Waals surface area contributed by atoms with Crippen LogP contribution in [0.4, 0.5) is 11.6 Å². The van der Waals surface area contributed by atoms with E-state index in [0.29, 0.717) is 5.82 Å². The van der Waals surface area contributed by atoms with E-state index in [4.69, 9.17) is 10.3 Å². The smallest absolute Gasteiger partial charge is 0.148 e. The van der Waals surface area contributed by atoms with E-state index in [2.05, 4.69) is 20.7 Å². The van der Waals surface area contributed by atoms with E-state index in [-0.39, 0.29) is 0 Å². The zero-order valence-electron chi connectivity index (χ0n) is 10.3. The van der Waals surface area contributed by atoms with Gasteiger partial charge in [-0.2, -0.15) is 0 Å². The fourth-order valence-electron chi connectivity index (χ4n) is 1.78. The molecule has 6 nitrogen and oxygen atoms in total. The average Bonchev–Trinajstić information content (AvgIpc) is 2.91. The number of hydrogen-bond donors (Lipinski definition) is 3. The Morgan fingerprint density at radius 1 is 1.33 bits per heavy atom. The molecule has 0 unspecified atom stereocenters. The quantitative estimate of drug-likeness (QED) is 0.530. The number of nitrogens with one attached hydrogen (secondary N) is 2. The van der Waals surface area contributed by atoms with Crippen molar-refractivity contribution in [3.8, 4) is 0 Å². The molecule has 0 atom stereocenters. The molecule has 96 valence electrons. The Bertz CT molecular complexity index is 483. The van der Waals surface area contributed by atoms with E-state index in [1.54, 1.807) is 6.26 Å². The van der Waals surface area contributed by atoms with E-state index in [1.807, 2.05) is 19.1 Å². The van der Waals surface area contributed by atoms with Gasteiger partial charge in [0.05, 0.1) is 6.26 Å². The number of nitrogens with two attached hydrogens (primary N) is 1. The van der Waals surface area contributed by atoms with Gasteiger partial charge in [-0.25, -0.2) is 15.8 Å². The summed E-state index contributed by atoms with van der Waals surface area (Å²) in [5.41, 5.74) is 3.57. The summed E-state index contributed by atoms with van der Waals surface area (Å²) < 4.78 is 5.27. The normalized spacial score (nSPS) is 10.3. The van der Waals surface area contributed by atoms with Crippen LogP contribution < -0.4 is 16.6 Å². The third-order valence-electron chi connectivity index (χ3n) is 2.68. The molecule has 0 saturated heterocycles. The predicted molar refractivity (Wildman–Crippen MR) is 70.1 cm³/mol. The minimum absolute atomic E-state index is 0.660. The van der Waals surface area contributed by atoms with Crippen LogP contribution in [0.2, 0.25) is 0 Å². The Kier molecular flexibility index (Phi) is 4.14. The lowest BCUT2D eigenvalue weighted by atomic mass is 10.2. The molecule has 0 aliphatic heterocycles. The molecule has 0 bridgehead atoms. The molecule has 4 N–H and O–H groups in total. The molecule has 0 aromatic carbocycles. The van der Waals surface area contributed by atoms with Crippen molar-refractivity contribution >= 4 is 11.6 Å². The molecule has 0 fully saturated rings. The van der Waals surface area contributed by atoms with Crippen LogP contribution in [0.1, 0.15) is 18.2 Å². The van der Waals surface area contributed by atoms with Crippen molar-refractivity contribution in [1.29, 1.82) is 0 Å². The molecule has 0 radical (unpaired) electrons. The molecule has 0 spiro atoms. The van der Waals surface area contributed by atoms with Gasteiger partial charge in [0.2, 0.25) is 0 Å². The summed E-state index contributed by atoms with van der Waals surface area (Å²) in [6, 6.07) is 3.84. The molecule has 18 heavy (non-hydrogen) atoms. The van der Waals surface area contributed by atoms with E-state index in [0.717, 1.165) is 36.5 Å². The molecule has 2 aromatic heterocycles. The molecule has 2 rings (SSSR count). The second-order valence-corrected chi connectivity index (χ2v) is 3.80. The summed E-state index contributed by atoms with van der Waals surface area (Å²) in [6.07, 6.45) is 4.78. The average molecular weight is 247 g/mol. The van der Waals surface area contributed by atoms with Gasteiger partial charge < -0.3 is 15.2 Å². The monoisotopic (exact) mass is 247 g/mol. The standard InChI is InChI=1S/C12H17N5O/c1-2-10-11(15-8-16-12(10)17-13)14-6-5-9-4-3-7-18-9/h3-4,7-8H,2,5-6,13H2,1H3,(H2,14,15,16,17). The number of rotatable bonds is 6. The summed E-state index contributed by atoms with van der Waals surface area (Å²) in [4.78, 5) is 8.31. The van der Waals surface area contributed by atoms with Crippen molar-refractivity contribution in [2.24, 2.45) is 5.84 Å². The Hall–Kier alpha value is -2.08. The van der Waals surface area contributed by atoms with Gasteiger partial charge in [-0.15, -0.1) is 0 Å². The molecule has 6 heteroatoms. The van der Waals surface area contributed by atoms with Crippen LogP contribution in [0.25, 0.3) is 0 Å². The van der Waals surface area contributed by atoms with Gasteiger partial charge in [0.25, 0.3) is 0 Å². The van der Waals surface area contributed by atoms with Gasteiger partial charge in [0.15, 0.2) is 0 Å². The molecule has 0 aliphatic rings. The van der Waals surface area contributed by atoms with Gasteiger partial charge in [-0.3, -0.25) is 0 Å². The number of hydrazine groups is 1. The first-order valence-electron chi connectivity index (χ1n) is 5.92. The van der Waals surface area contributed by atoms with E-state index in [9.17, 15) is 0 Å². The number of furan rings is 1. The first kappa shape index (κ1) is 12.4. The molecule has 0 saturated carbocycles. The Balaban J connectivity index is 2.00. The molecular formula is C12H17N5O. The van der Waals surface area contributed by atoms with E-state index < -0.39 is 0 Å². The highest BCUT2D eigenvalue weighted by atomic mass is 16.3. The maximum absolute atomic E-state index is 5.42. The zero-order chi connectivity index (χ0) is 12.8. The third kappa shape index (κ3) is 2.78. The summed E-state index contributed by atoms with van der Waals surface area (Å²) in [5, 5.41) is 3.27. The van der Waals surface area contributed by atoms with Crippen LogP contribution in [0.5, 0.6) is 0 Å². The molecule has 0 aliphatic carbocycles. The van der Waals surface area contributed by atoms with Crippen LogP contribution in [0, 0.1) is 0 Å². The number of nitrogen functional groups attached to an aromatic ring is 1. The first-order valence-corrected chi connectivity index (χ1v) is 5.92. The van der Waals surface area contributed by atoms with Gasteiger partial charge in [-0.1, -0.05) is 6.92 Å². The van der Waals surface area contributed by atoms with Crippen LogP contribution in [-0.4, -0.2) is 16.5 Å². The van der Waals surface area contributed by atoms with Gasteiger partial charge in [0.1, 0.15) is 23.7 Å². The molecule has 0 amide bonds. The highest BCUT2D eigenvalue weighted by molar-refractivity contribution is 5.56. The maximum Gasteiger partial charge on any atom is 0.148 e. The lowest BCUT2D eigenvalue weighted by Crippen LogP contribution is -2.15. The zero-order valence-corrected chi connectivity index (χ0v) is 10.3. The van der Waals surface area contributed by atoms with Crippen LogP contribution in [-0.2, 0) is 12.8 Å². The highest BCUT2D eigenvalue weighted by Crippen LogP contribution is 2.19. The lowest BCUT2D eigenvalue weighted by molar-refractivity contribution is 0.513. The number of aromatic nitrogens is 2. The largest absolute Gasteiger partial charge is 0.469 e. The predicted octanol–water partition coefficient (Wildman–Crippen LogP) is 1.57. The summed E-state index contributed by atoms with van der Waals surface area (Å²) >= 11 is 0. The Morgan fingerprint density at radius 3 is 2.83 bits per heavy atom. The lowest BCUT2D eigenvalue weighted by Gasteiger charge is -2.12. The second kappa shape index (κ2) is 6.02. The fraction of sp³-hybridized carbons (Fsp3) is 0.333. The van der Waals surface area contributed by atoms with Gasteiger partial charge in [0, 0.05) is 18.5 Å². The van der Waals surface area contributed by atoms with E-state index >= 15 is 0 Å². The molecule has 2 heterocycles. The number of anilines is 2. The van der Waals surface area contributed by atoms with Crippen molar-refractivity contribution in [3.05, 3.63) is 36.0 Å². The topological polar surface area (TPSA) is 89.0 Å². The summed E-state index contributed by atoms with van der Waals surface area (Å²) in [7, 11) is 0. The van der Waals surface area contributed by atoms with Crippen LogP contribution >= 0.6 is 0 Å². The second-order valence-electron chi connectivity index (χ2n) is 3.80. The first-order chi connectivity index (χ1) is 8.85. The van der Waals surface area contributed by atoms with E-state index in [1.165, 1.54) is 6.33 Å². The van der Waals surface area contributed by atoms with Crippen LogP contribution in [0.15, 0.2) is 29.1 Å². The van der Waals surface area contributed by atoms with Crippen molar-refractivity contribution < 1.29 is 4.42 Å². The Labute approximate surface area is 106 Å². The summed E-state index contributed by atoms with van der Waals surface area (Å²) in [6.45, 7) is 2.79. The van der Waals surface area contributed by atoms with Crippen molar-refractivity contribution in [3.63, 3.8) is 0 Å². The third-order valence-corrected chi connectivity index (χ3v) is 2.68. The van der Waals surface area contributed by atoms with Crippen molar-refractivity contribution in [2.45, 2.75) is 19.8 Å². The minimum atomic E-state index is 0.660. The molecule has 2 aromatic rings. The van der Waals surface area contributed by atoms with Crippen LogP contribution in [0.3, 0.4) is 0 Å². The minimum Gasteiger partial charge on any atom is -0.469 e. The molecular weight excluding hydrogens is 230 g/mol. The number of nitrogens with zero attached hydrogens (tertiary/aromatic N) is 2. The van der Waals surface area contributed by atoms with Gasteiger partial charge >= 0.3 is 0 Å².